The summed E-state index contributed by atoms with van der Waals surface area (Å²) in [5.74, 6) is 0.0930. The minimum absolute atomic E-state index is 0.0930. The molecule has 20 heavy (non-hydrogen) atoms. The Labute approximate surface area is 121 Å². The van der Waals surface area contributed by atoms with Gasteiger partial charge < -0.3 is 10.4 Å². The average Bonchev–Trinajstić information content (AvgIpc) is 2.48. The van der Waals surface area contributed by atoms with Crippen LogP contribution in [0.1, 0.15) is 5.56 Å². The minimum atomic E-state index is 0.0930. The maximum absolute atomic E-state index is 9.38. The molecule has 1 aromatic heterocycles. The van der Waals surface area contributed by atoms with Gasteiger partial charge in [0.25, 0.3) is 0 Å². The Morgan fingerprint density at radius 1 is 1.05 bits per heavy atom. The van der Waals surface area contributed by atoms with Gasteiger partial charge in [0.05, 0.1) is 5.02 Å². The highest BCUT2D eigenvalue weighted by Gasteiger charge is 2.01. The van der Waals surface area contributed by atoms with Gasteiger partial charge in [0.15, 0.2) is 0 Å². The van der Waals surface area contributed by atoms with Crippen molar-refractivity contribution in [1.29, 1.82) is 0 Å². The second kappa shape index (κ2) is 5.39. The molecule has 2 aromatic carbocycles. The Morgan fingerprint density at radius 3 is 2.80 bits per heavy atom. The number of hydrogen-bond acceptors (Lipinski definition) is 3. The van der Waals surface area contributed by atoms with E-state index in [0.717, 1.165) is 11.1 Å². The molecule has 3 rings (SSSR count). The molecule has 1 heterocycles. The van der Waals surface area contributed by atoms with Gasteiger partial charge in [0, 0.05) is 30.0 Å². The van der Waals surface area contributed by atoms with Crippen LogP contribution >= 0.6 is 11.6 Å². The van der Waals surface area contributed by atoms with Crippen LogP contribution in [0.15, 0.2) is 54.9 Å². The zero-order valence-electron chi connectivity index (χ0n) is 10.7. The monoisotopic (exact) mass is 284 g/mol. The van der Waals surface area contributed by atoms with Gasteiger partial charge in [-0.25, -0.2) is 0 Å². The van der Waals surface area contributed by atoms with Crippen LogP contribution in [0, 0.1) is 0 Å². The third-order valence-electron chi connectivity index (χ3n) is 3.15. The molecule has 0 fully saturated rings. The first-order chi connectivity index (χ1) is 9.72. The molecule has 0 radical (unpaired) electrons. The molecule has 4 heteroatoms. The van der Waals surface area contributed by atoms with Gasteiger partial charge in [-0.05, 0) is 41.3 Å². The number of benzene rings is 2. The number of hydrogen-bond donors (Lipinski definition) is 2. The van der Waals surface area contributed by atoms with Crippen LogP contribution in [0.5, 0.6) is 5.75 Å². The summed E-state index contributed by atoms with van der Waals surface area (Å²) in [4.78, 5) is 4.10. The van der Waals surface area contributed by atoms with Crippen molar-refractivity contribution in [1.82, 2.24) is 4.98 Å². The van der Waals surface area contributed by atoms with Crippen LogP contribution in [0.2, 0.25) is 5.02 Å². The van der Waals surface area contributed by atoms with Crippen LogP contribution in [0.4, 0.5) is 5.69 Å². The standard InChI is InChI=1S/C16H13ClN2O/c17-15-8-14(3-4-16(15)20)19-9-11-1-2-13-10-18-6-5-12(13)7-11/h1-8,10,19-20H,9H2. The average molecular weight is 285 g/mol. The lowest BCUT2D eigenvalue weighted by molar-refractivity contribution is 0.475. The van der Waals surface area contributed by atoms with Crippen LogP contribution in [-0.4, -0.2) is 10.1 Å². The number of phenolic OH excluding ortho intramolecular Hbond substituents is 1. The number of aromatic hydroxyl groups is 1. The van der Waals surface area contributed by atoms with Crippen molar-refractivity contribution in [3.8, 4) is 5.75 Å². The molecule has 0 spiro atoms. The summed E-state index contributed by atoms with van der Waals surface area (Å²) < 4.78 is 0. The van der Waals surface area contributed by atoms with Crippen molar-refractivity contribution in [3.63, 3.8) is 0 Å². The molecule has 100 valence electrons. The zero-order valence-corrected chi connectivity index (χ0v) is 11.4. The fourth-order valence-corrected chi connectivity index (χ4v) is 2.24. The van der Waals surface area contributed by atoms with Crippen molar-refractivity contribution in [3.05, 3.63) is 65.4 Å². The normalized spacial score (nSPS) is 10.7. The molecule has 2 N–H and O–H groups in total. The molecule has 0 unspecified atom stereocenters. The Morgan fingerprint density at radius 2 is 1.95 bits per heavy atom. The molecule has 0 aliphatic carbocycles. The summed E-state index contributed by atoms with van der Waals surface area (Å²) in [5.41, 5.74) is 2.05. The molecule has 0 saturated carbocycles. The molecule has 0 saturated heterocycles. The number of phenols is 1. The van der Waals surface area contributed by atoms with Gasteiger partial charge in [-0.2, -0.15) is 0 Å². The van der Waals surface area contributed by atoms with E-state index < -0.39 is 0 Å². The topological polar surface area (TPSA) is 45.1 Å². The SMILES string of the molecule is Oc1ccc(NCc2ccc3cnccc3c2)cc1Cl. The minimum Gasteiger partial charge on any atom is -0.506 e. The highest BCUT2D eigenvalue weighted by molar-refractivity contribution is 6.32. The molecular formula is C16H13ClN2O. The van der Waals surface area contributed by atoms with Crippen LogP contribution in [0.25, 0.3) is 10.8 Å². The van der Waals surface area contributed by atoms with Crippen LogP contribution in [0.3, 0.4) is 0 Å². The predicted molar refractivity (Wildman–Crippen MR) is 82.2 cm³/mol. The highest BCUT2D eigenvalue weighted by Crippen LogP contribution is 2.26. The van der Waals surface area contributed by atoms with Crippen LogP contribution < -0.4 is 5.32 Å². The molecule has 3 nitrogen and oxygen atoms in total. The lowest BCUT2D eigenvalue weighted by Gasteiger charge is -2.08. The number of nitrogens with one attached hydrogen (secondary N) is 1. The number of aromatic nitrogens is 1. The first-order valence-electron chi connectivity index (χ1n) is 6.27. The van der Waals surface area contributed by atoms with Crippen molar-refractivity contribution in [2.45, 2.75) is 6.54 Å². The second-order valence-corrected chi connectivity index (χ2v) is 4.98. The predicted octanol–water partition coefficient (Wildman–Crippen LogP) is 4.21. The van der Waals surface area contributed by atoms with E-state index in [1.807, 2.05) is 12.3 Å². The number of pyridine rings is 1. The van der Waals surface area contributed by atoms with Gasteiger partial charge in [0.2, 0.25) is 0 Å². The summed E-state index contributed by atoms with van der Waals surface area (Å²) in [7, 11) is 0. The Balaban J connectivity index is 1.77. The fraction of sp³-hybridized carbons (Fsp3) is 0.0625. The van der Waals surface area contributed by atoms with Gasteiger partial charge >= 0.3 is 0 Å². The first-order valence-corrected chi connectivity index (χ1v) is 6.65. The number of rotatable bonds is 3. The second-order valence-electron chi connectivity index (χ2n) is 4.58. The van der Waals surface area contributed by atoms with E-state index in [1.54, 1.807) is 24.4 Å². The van der Waals surface area contributed by atoms with E-state index in [2.05, 4.69) is 28.5 Å². The molecule has 0 aliphatic rings. The Kier molecular flexibility index (Phi) is 3.44. The van der Waals surface area contributed by atoms with Crippen molar-refractivity contribution >= 4 is 28.1 Å². The summed E-state index contributed by atoms with van der Waals surface area (Å²) >= 11 is 5.88. The van der Waals surface area contributed by atoms with Gasteiger partial charge in [-0.1, -0.05) is 23.7 Å². The van der Waals surface area contributed by atoms with Crippen molar-refractivity contribution in [2.75, 3.05) is 5.32 Å². The Bertz CT molecular complexity index is 758. The van der Waals surface area contributed by atoms with Crippen molar-refractivity contribution in [2.24, 2.45) is 0 Å². The zero-order chi connectivity index (χ0) is 13.9. The molecule has 0 amide bonds. The number of halogens is 1. The smallest absolute Gasteiger partial charge is 0.134 e. The van der Waals surface area contributed by atoms with E-state index in [4.69, 9.17) is 11.6 Å². The molecular weight excluding hydrogens is 272 g/mol. The fourth-order valence-electron chi connectivity index (χ4n) is 2.06. The van der Waals surface area contributed by atoms with E-state index >= 15 is 0 Å². The van der Waals surface area contributed by atoms with Gasteiger partial charge in [-0.3, -0.25) is 4.98 Å². The molecule has 0 atom stereocenters. The molecule has 3 aromatic rings. The summed E-state index contributed by atoms with van der Waals surface area (Å²) in [6.45, 7) is 0.694. The molecule has 0 bridgehead atoms. The largest absolute Gasteiger partial charge is 0.506 e. The van der Waals surface area contributed by atoms with Crippen molar-refractivity contribution < 1.29 is 5.11 Å². The highest BCUT2D eigenvalue weighted by atomic mass is 35.5. The lowest BCUT2D eigenvalue weighted by atomic mass is 10.1. The number of anilines is 1. The maximum atomic E-state index is 9.38. The van der Waals surface area contributed by atoms with Gasteiger partial charge in [-0.15, -0.1) is 0 Å². The quantitative estimate of drug-likeness (QED) is 0.708. The number of fused-ring (bicyclic) bond motifs is 1. The Hall–Kier alpha value is -2.26. The summed E-state index contributed by atoms with van der Waals surface area (Å²) in [6, 6.07) is 13.3. The maximum Gasteiger partial charge on any atom is 0.134 e. The van der Waals surface area contributed by atoms with E-state index in [1.165, 1.54) is 10.9 Å². The van der Waals surface area contributed by atoms with Crippen LogP contribution in [-0.2, 0) is 6.54 Å². The third kappa shape index (κ3) is 2.68. The van der Waals surface area contributed by atoms with E-state index in [9.17, 15) is 5.11 Å². The lowest BCUT2D eigenvalue weighted by Crippen LogP contribution is -1.99. The number of nitrogens with zero attached hydrogens (tertiary/aromatic N) is 1. The van der Waals surface area contributed by atoms with E-state index in [-0.39, 0.29) is 5.75 Å². The molecule has 0 aliphatic heterocycles. The van der Waals surface area contributed by atoms with E-state index in [0.29, 0.717) is 11.6 Å². The van der Waals surface area contributed by atoms with Gasteiger partial charge in [0.1, 0.15) is 5.75 Å². The summed E-state index contributed by atoms with van der Waals surface area (Å²) in [5, 5.41) is 15.3. The third-order valence-corrected chi connectivity index (χ3v) is 3.45. The first kappa shape index (κ1) is 12.8. The summed E-state index contributed by atoms with van der Waals surface area (Å²) in [6.07, 6.45) is 3.64.